The molecular formula is C6H2FIN2. The summed E-state index contributed by atoms with van der Waals surface area (Å²) in [5.41, 5.74) is 0.115. The number of aromatic nitrogens is 1. The van der Waals surface area contributed by atoms with Crippen LogP contribution in [0.5, 0.6) is 0 Å². The minimum Gasteiger partial charge on any atom is -0.231 e. The van der Waals surface area contributed by atoms with Gasteiger partial charge >= 0.3 is 0 Å². The van der Waals surface area contributed by atoms with Gasteiger partial charge in [-0.1, -0.05) is 0 Å². The Balaban J connectivity index is 3.22. The van der Waals surface area contributed by atoms with Crippen molar-refractivity contribution in [2.45, 2.75) is 0 Å². The van der Waals surface area contributed by atoms with Crippen LogP contribution in [0.25, 0.3) is 0 Å². The summed E-state index contributed by atoms with van der Waals surface area (Å²) in [6.45, 7) is 0. The van der Waals surface area contributed by atoms with Crippen LogP contribution in [0, 0.1) is 20.8 Å². The Kier molecular flexibility index (Phi) is 2.17. The van der Waals surface area contributed by atoms with Crippen molar-refractivity contribution in [2.24, 2.45) is 0 Å². The third kappa shape index (κ3) is 1.64. The van der Waals surface area contributed by atoms with Gasteiger partial charge in [-0.05, 0) is 22.6 Å². The normalized spacial score (nSPS) is 8.90. The fourth-order valence-corrected chi connectivity index (χ4v) is 1.08. The lowest BCUT2D eigenvalue weighted by molar-refractivity contribution is 0.623. The summed E-state index contributed by atoms with van der Waals surface area (Å²) in [7, 11) is 0. The molecule has 0 aliphatic heterocycles. The summed E-state index contributed by atoms with van der Waals surface area (Å²) < 4.78 is 12.9. The molecule has 0 bridgehead atoms. The van der Waals surface area contributed by atoms with E-state index in [4.69, 9.17) is 5.26 Å². The van der Waals surface area contributed by atoms with E-state index in [1.165, 1.54) is 6.07 Å². The molecule has 0 fully saturated rings. The van der Waals surface area contributed by atoms with Gasteiger partial charge in [-0.3, -0.25) is 0 Å². The van der Waals surface area contributed by atoms with Gasteiger partial charge in [-0.25, -0.2) is 9.37 Å². The van der Waals surface area contributed by atoms with E-state index in [0.717, 1.165) is 6.07 Å². The molecule has 50 valence electrons. The van der Waals surface area contributed by atoms with Crippen LogP contribution in [0.1, 0.15) is 5.69 Å². The molecule has 10 heavy (non-hydrogen) atoms. The van der Waals surface area contributed by atoms with E-state index in [2.05, 4.69) is 4.98 Å². The Bertz CT molecular complexity index is 272. The van der Waals surface area contributed by atoms with E-state index in [9.17, 15) is 4.39 Å². The molecule has 0 amide bonds. The van der Waals surface area contributed by atoms with E-state index in [1.54, 1.807) is 6.07 Å². The fraction of sp³-hybridized carbons (Fsp3) is 0. The van der Waals surface area contributed by atoms with E-state index in [-0.39, 0.29) is 5.69 Å². The standard InChI is InChI=1S/C6H2FIN2/c7-4-1-5(3-9)10-6(8)2-4/h1-2H. The number of pyridine rings is 1. The molecule has 0 aromatic carbocycles. The predicted octanol–water partition coefficient (Wildman–Crippen LogP) is 1.70. The van der Waals surface area contributed by atoms with Crippen molar-refractivity contribution in [2.75, 3.05) is 0 Å². The van der Waals surface area contributed by atoms with Gasteiger partial charge in [0.15, 0.2) is 0 Å². The first-order valence-electron chi connectivity index (χ1n) is 2.45. The molecule has 0 aliphatic carbocycles. The Labute approximate surface area is 70.8 Å². The first kappa shape index (κ1) is 7.41. The molecule has 1 aromatic heterocycles. The zero-order valence-electron chi connectivity index (χ0n) is 4.81. The van der Waals surface area contributed by atoms with Gasteiger partial charge in [0.2, 0.25) is 0 Å². The fourth-order valence-electron chi connectivity index (χ4n) is 0.523. The zero-order chi connectivity index (χ0) is 7.56. The van der Waals surface area contributed by atoms with Crippen LogP contribution >= 0.6 is 22.6 Å². The SMILES string of the molecule is N#Cc1cc(F)cc(I)n1. The lowest BCUT2D eigenvalue weighted by Gasteiger charge is -1.90. The van der Waals surface area contributed by atoms with Crippen LogP contribution < -0.4 is 0 Å². The molecule has 4 heteroatoms. The monoisotopic (exact) mass is 248 g/mol. The Morgan fingerprint density at radius 3 is 2.80 bits per heavy atom. The zero-order valence-corrected chi connectivity index (χ0v) is 6.96. The van der Waals surface area contributed by atoms with Gasteiger partial charge in [0.25, 0.3) is 0 Å². The van der Waals surface area contributed by atoms with Crippen LogP contribution in [-0.4, -0.2) is 4.98 Å². The van der Waals surface area contributed by atoms with E-state index in [1.807, 2.05) is 22.6 Å². The lowest BCUT2D eigenvalue weighted by atomic mass is 10.4. The van der Waals surface area contributed by atoms with Gasteiger partial charge in [-0.15, -0.1) is 0 Å². The molecule has 0 spiro atoms. The number of nitriles is 1. The largest absolute Gasteiger partial charge is 0.231 e. The van der Waals surface area contributed by atoms with Gasteiger partial charge in [0, 0.05) is 12.1 Å². The van der Waals surface area contributed by atoms with Crippen LogP contribution in [0.3, 0.4) is 0 Å². The number of halogens is 2. The van der Waals surface area contributed by atoms with Crippen molar-refractivity contribution in [3.05, 3.63) is 27.3 Å². The summed E-state index contributed by atoms with van der Waals surface area (Å²) in [5.74, 6) is -0.420. The second kappa shape index (κ2) is 2.92. The minimum atomic E-state index is -0.420. The van der Waals surface area contributed by atoms with Gasteiger partial charge in [0.05, 0.1) is 0 Å². The molecule has 1 aromatic rings. The summed E-state index contributed by atoms with van der Waals surface area (Å²) in [5, 5.41) is 8.30. The van der Waals surface area contributed by atoms with Crippen molar-refractivity contribution in [1.29, 1.82) is 5.26 Å². The quantitative estimate of drug-likeness (QED) is 0.517. The number of hydrogen-bond donors (Lipinski definition) is 0. The highest BCUT2D eigenvalue weighted by Crippen LogP contribution is 2.05. The summed E-state index contributed by atoms with van der Waals surface area (Å²) in [6.07, 6.45) is 0. The maximum Gasteiger partial charge on any atom is 0.144 e. The van der Waals surface area contributed by atoms with Crippen molar-refractivity contribution >= 4 is 22.6 Å². The molecule has 0 radical (unpaired) electrons. The highest BCUT2D eigenvalue weighted by molar-refractivity contribution is 14.1. The van der Waals surface area contributed by atoms with Gasteiger partial charge in [0.1, 0.15) is 21.3 Å². The van der Waals surface area contributed by atoms with Crippen LogP contribution in [0.15, 0.2) is 12.1 Å². The molecule has 0 aliphatic rings. The minimum absolute atomic E-state index is 0.115. The van der Waals surface area contributed by atoms with Crippen molar-refractivity contribution < 1.29 is 4.39 Å². The highest BCUT2D eigenvalue weighted by atomic mass is 127. The van der Waals surface area contributed by atoms with Gasteiger partial charge in [-0.2, -0.15) is 5.26 Å². The number of hydrogen-bond acceptors (Lipinski definition) is 2. The molecule has 0 N–H and O–H groups in total. The Hall–Kier alpha value is -0.700. The molecule has 0 atom stereocenters. The van der Waals surface area contributed by atoms with E-state index >= 15 is 0 Å². The van der Waals surface area contributed by atoms with Crippen LogP contribution in [0.4, 0.5) is 4.39 Å². The van der Waals surface area contributed by atoms with E-state index < -0.39 is 5.82 Å². The second-order valence-electron chi connectivity index (χ2n) is 1.61. The van der Waals surface area contributed by atoms with Crippen molar-refractivity contribution in [3.63, 3.8) is 0 Å². The first-order chi connectivity index (χ1) is 4.72. The molecule has 0 saturated heterocycles. The van der Waals surface area contributed by atoms with Crippen molar-refractivity contribution in [1.82, 2.24) is 4.98 Å². The topological polar surface area (TPSA) is 36.7 Å². The molecule has 0 unspecified atom stereocenters. The molecule has 2 nitrogen and oxygen atoms in total. The third-order valence-corrected chi connectivity index (χ3v) is 1.43. The van der Waals surface area contributed by atoms with Crippen LogP contribution in [-0.2, 0) is 0 Å². The summed E-state index contributed by atoms with van der Waals surface area (Å²) in [6, 6.07) is 4.12. The molecular weight excluding hydrogens is 246 g/mol. The van der Waals surface area contributed by atoms with Gasteiger partial charge < -0.3 is 0 Å². The summed E-state index contributed by atoms with van der Waals surface area (Å²) >= 11 is 1.85. The maximum atomic E-state index is 12.4. The van der Waals surface area contributed by atoms with E-state index in [0.29, 0.717) is 3.70 Å². The van der Waals surface area contributed by atoms with Crippen molar-refractivity contribution in [3.8, 4) is 6.07 Å². The predicted molar refractivity (Wildman–Crippen MR) is 41.6 cm³/mol. The summed E-state index contributed by atoms with van der Waals surface area (Å²) in [4.78, 5) is 3.74. The third-order valence-electron chi connectivity index (χ3n) is 0.873. The number of nitrogens with zero attached hydrogens (tertiary/aromatic N) is 2. The number of rotatable bonds is 0. The smallest absolute Gasteiger partial charge is 0.144 e. The highest BCUT2D eigenvalue weighted by Gasteiger charge is 1.97. The lowest BCUT2D eigenvalue weighted by Crippen LogP contribution is -1.87. The Morgan fingerprint density at radius 1 is 1.60 bits per heavy atom. The molecule has 0 saturated carbocycles. The first-order valence-corrected chi connectivity index (χ1v) is 3.53. The average molecular weight is 248 g/mol. The average Bonchev–Trinajstić information content (AvgIpc) is 1.85. The molecule has 1 rings (SSSR count). The Morgan fingerprint density at radius 2 is 2.30 bits per heavy atom. The second-order valence-corrected chi connectivity index (χ2v) is 2.71. The molecule has 1 heterocycles. The maximum absolute atomic E-state index is 12.4. The van der Waals surface area contributed by atoms with Crippen LogP contribution in [0.2, 0.25) is 0 Å².